The van der Waals surface area contributed by atoms with Crippen LogP contribution >= 0.6 is 8.46 Å². The summed E-state index contributed by atoms with van der Waals surface area (Å²) in [6.07, 6.45) is 4.60. The van der Waals surface area contributed by atoms with Crippen molar-refractivity contribution in [2.45, 2.75) is 38.5 Å². The second-order valence-corrected chi connectivity index (χ2v) is 8.39. The zero-order valence-electron chi connectivity index (χ0n) is 13.7. The quantitative estimate of drug-likeness (QED) is 0.674. The number of hydrogen-bond donors (Lipinski definition) is 1. The van der Waals surface area contributed by atoms with Gasteiger partial charge in [0.2, 0.25) is 0 Å². The summed E-state index contributed by atoms with van der Waals surface area (Å²) in [5, 5.41) is 11.6. The summed E-state index contributed by atoms with van der Waals surface area (Å²) in [6, 6.07) is 11.3. The van der Waals surface area contributed by atoms with Gasteiger partial charge in [-0.15, -0.1) is 0 Å². The monoisotopic (exact) mass is 314 g/mol. The molecule has 1 unspecified atom stereocenters. The van der Waals surface area contributed by atoms with Gasteiger partial charge in [-0.1, -0.05) is 45.0 Å². The molecule has 22 heavy (non-hydrogen) atoms. The van der Waals surface area contributed by atoms with Crippen LogP contribution in [0.4, 0.5) is 0 Å². The SMILES string of the molecule is CB(PCC(O)(c1ccccn1)c1ccccn1)C(C)(C)C. The molecule has 0 fully saturated rings. The lowest BCUT2D eigenvalue weighted by molar-refractivity contribution is 0.0974. The van der Waals surface area contributed by atoms with E-state index in [9.17, 15) is 5.11 Å². The fourth-order valence-corrected chi connectivity index (χ4v) is 3.71. The lowest BCUT2D eigenvalue weighted by atomic mass is 9.55. The fraction of sp³-hybridized carbons (Fsp3) is 0.412. The molecule has 116 valence electrons. The average molecular weight is 314 g/mol. The molecule has 0 spiro atoms. The number of hydrogen-bond acceptors (Lipinski definition) is 3. The van der Waals surface area contributed by atoms with Crippen molar-refractivity contribution in [1.82, 2.24) is 9.97 Å². The Balaban J connectivity index is 2.31. The second-order valence-electron chi connectivity index (χ2n) is 6.76. The Morgan fingerprint density at radius 2 is 1.50 bits per heavy atom. The molecule has 2 rings (SSSR count). The van der Waals surface area contributed by atoms with E-state index in [1.807, 2.05) is 36.4 Å². The molecule has 0 aliphatic carbocycles. The maximum Gasteiger partial charge on any atom is 0.169 e. The molecule has 0 amide bonds. The first-order valence-electron chi connectivity index (χ1n) is 7.63. The van der Waals surface area contributed by atoms with Crippen LogP contribution < -0.4 is 0 Å². The molecule has 5 heteroatoms. The third-order valence-corrected chi connectivity index (χ3v) is 6.33. The van der Waals surface area contributed by atoms with Crippen LogP contribution in [0.2, 0.25) is 12.1 Å². The number of aromatic nitrogens is 2. The summed E-state index contributed by atoms with van der Waals surface area (Å²) >= 11 is 0. The minimum absolute atomic E-state index is 0.230. The van der Waals surface area contributed by atoms with E-state index in [1.165, 1.54) is 0 Å². The first kappa shape index (κ1) is 17.1. The van der Waals surface area contributed by atoms with Gasteiger partial charge >= 0.3 is 0 Å². The van der Waals surface area contributed by atoms with E-state index < -0.39 is 5.60 Å². The highest BCUT2D eigenvalue weighted by Crippen LogP contribution is 2.41. The number of rotatable bonds is 5. The highest BCUT2D eigenvalue weighted by atomic mass is 31.1. The minimum Gasteiger partial charge on any atom is -0.377 e. The predicted molar refractivity (Wildman–Crippen MR) is 96.0 cm³/mol. The van der Waals surface area contributed by atoms with Gasteiger partial charge in [0.05, 0.1) is 11.4 Å². The van der Waals surface area contributed by atoms with E-state index in [0.29, 0.717) is 32.4 Å². The molecule has 2 heterocycles. The molecule has 1 N–H and O–H groups in total. The minimum atomic E-state index is -1.12. The van der Waals surface area contributed by atoms with Gasteiger partial charge in [0.15, 0.2) is 12.0 Å². The highest BCUT2D eigenvalue weighted by Gasteiger charge is 2.36. The number of nitrogens with zero attached hydrogens (tertiary/aromatic N) is 2. The van der Waals surface area contributed by atoms with Crippen LogP contribution in [0.3, 0.4) is 0 Å². The van der Waals surface area contributed by atoms with Gasteiger partial charge in [-0.2, -0.15) is 8.46 Å². The van der Waals surface area contributed by atoms with Crippen LogP contribution in [0.5, 0.6) is 0 Å². The maximum absolute atomic E-state index is 11.4. The topological polar surface area (TPSA) is 46.0 Å². The zero-order valence-corrected chi connectivity index (χ0v) is 14.7. The van der Waals surface area contributed by atoms with E-state index in [4.69, 9.17) is 0 Å². The summed E-state index contributed by atoms with van der Waals surface area (Å²) in [5.41, 5.74) is 0.213. The first-order chi connectivity index (χ1) is 10.3. The number of pyridine rings is 2. The van der Waals surface area contributed by atoms with E-state index >= 15 is 0 Å². The molecule has 0 saturated carbocycles. The molecule has 2 aromatic heterocycles. The molecule has 0 aliphatic heterocycles. The summed E-state index contributed by atoms with van der Waals surface area (Å²) < 4.78 is 0. The van der Waals surface area contributed by atoms with Crippen LogP contribution in [-0.4, -0.2) is 27.7 Å². The van der Waals surface area contributed by atoms with Gasteiger partial charge in [0.1, 0.15) is 0 Å². The van der Waals surface area contributed by atoms with Crippen LogP contribution in [0.25, 0.3) is 0 Å². The van der Waals surface area contributed by atoms with Crippen molar-refractivity contribution in [1.29, 1.82) is 0 Å². The molecule has 2 aromatic rings. The molecule has 1 atom stereocenters. The summed E-state index contributed by atoms with van der Waals surface area (Å²) in [5.74, 6) is 0. The Morgan fingerprint density at radius 1 is 1.00 bits per heavy atom. The molecular formula is C17H24BN2OP. The molecule has 0 radical (unpaired) electrons. The van der Waals surface area contributed by atoms with Crippen molar-refractivity contribution in [3.63, 3.8) is 0 Å². The summed E-state index contributed by atoms with van der Waals surface area (Å²) in [4.78, 5) is 8.76. The van der Waals surface area contributed by atoms with Gasteiger partial charge in [-0.3, -0.25) is 9.97 Å². The largest absolute Gasteiger partial charge is 0.377 e. The molecule has 0 aromatic carbocycles. The van der Waals surface area contributed by atoms with Gasteiger partial charge in [0, 0.05) is 12.4 Å². The Labute approximate surface area is 135 Å². The molecule has 0 saturated heterocycles. The standard InChI is InChI=1S/C17H24BN2OP/c1-16(2,3)18(4)22-13-17(21,14-9-5-7-11-19-14)15-10-6-8-12-20-15/h5-12,21-22H,13H2,1-4H3. The highest BCUT2D eigenvalue weighted by molar-refractivity contribution is 7.76. The van der Waals surface area contributed by atoms with Gasteiger partial charge in [-0.25, -0.2) is 0 Å². The normalized spacial score (nSPS) is 12.8. The molecule has 0 aliphatic rings. The van der Waals surface area contributed by atoms with Crippen LogP contribution in [-0.2, 0) is 5.60 Å². The fourth-order valence-electron chi connectivity index (χ4n) is 2.13. The Bertz CT molecular complexity index is 547. The van der Waals surface area contributed by atoms with Crippen molar-refractivity contribution in [2.75, 3.05) is 6.16 Å². The summed E-state index contributed by atoms with van der Waals surface area (Å²) in [7, 11) is 0.630. The van der Waals surface area contributed by atoms with E-state index in [-0.39, 0.29) is 5.31 Å². The van der Waals surface area contributed by atoms with E-state index in [2.05, 4.69) is 37.6 Å². The summed E-state index contributed by atoms with van der Waals surface area (Å²) in [6.45, 7) is 8.97. The van der Waals surface area contributed by atoms with E-state index in [0.717, 1.165) is 0 Å². The lowest BCUT2D eigenvalue weighted by Gasteiger charge is -2.31. The van der Waals surface area contributed by atoms with Crippen LogP contribution in [0.15, 0.2) is 48.8 Å². The van der Waals surface area contributed by atoms with Crippen molar-refractivity contribution in [3.8, 4) is 0 Å². The maximum atomic E-state index is 11.4. The smallest absolute Gasteiger partial charge is 0.169 e. The predicted octanol–water partition coefficient (Wildman–Crippen LogP) is 3.81. The van der Waals surface area contributed by atoms with Crippen LogP contribution in [0.1, 0.15) is 32.2 Å². The Morgan fingerprint density at radius 3 is 1.86 bits per heavy atom. The molecule has 0 bridgehead atoms. The third kappa shape index (κ3) is 3.94. The molecular weight excluding hydrogens is 290 g/mol. The zero-order chi connectivity index (χ0) is 16.2. The molecule has 3 nitrogen and oxygen atoms in total. The van der Waals surface area contributed by atoms with Gasteiger partial charge < -0.3 is 5.11 Å². The van der Waals surface area contributed by atoms with Crippen molar-refractivity contribution in [2.24, 2.45) is 0 Å². The average Bonchev–Trinajstić information content (AvgIpc) is 2.53. The first-order valence-corrected chi connectivity index (χ1v) is 8.91. The Kier molecular flexibility index (Phi) is 5.36. The lowest BCUT2D eigenvalue weighted by Crippen LogP contribution is -2.33. The van der Waals surface area contributed by atoms with Crippen LogP contribution in [0, 0.1) is 0 Å². The Hall–Kier alpha value is -1.25. The number of aliphatic hydroxyl groups is 1. The van der Waals surface area contributed by atoms with Gasteiger partial charge in [0.25, 0.3) is 0 Å². The van der Waals surface area contributed by atoms with E-state index in [1.54, 1.807) is 12.4 Å². The van der Waals surface area contributed by atoms with Crippen molar-refractivity contribution in [3.05, 3.63) is 60.2 Å². The third-order valence-electron chi connectivity index (χ3n) is 4.14. The van der Waals surface area contributed by atoms with Crippen molar-refractivity contribution < 1.29 is 5.11 Å². The second kappa shape index (κ2) is 6.89. The van der Waals surface area contributed by atoms with Gasteiger partial charge in [-0.05, 0) is 30.4 Å². The van der Waals surface area contributed by atoms with Crippen molar-refractivity contribution >= 4 is 14.9 Å².